The van der Waals surface area contributed by atoms with Gasteiger partial charge in [0.1, 0.15) is 6.61 Å². The van der Waals surface area contributed by atoms with Crippen LogP contribution in [0.4, 0.5) is 0 Å². The average molecular weight is 414 g/mol. The molecule has 9 heteroatoms. The number of aromatic nitrogens is 4. The molecule has 0 spiro atoms. The molecule has 0 bridgehead atoms. The molecule has 0 saturated carbocycles. The normalized spacial score (nSPS) is 11.5. The third-order valence-corrected chi connectivity index (χ3v) is 5.59. The lowest BCUT2D eigenvalue weighted by Crippen LogP contribution is -2.10. The fourth-order valence-corrected chi connectivity index (χ4v) is 3.89. The van der Waals surface area contributed by atoms with Crippen molar-refractivity contribution in [2.24, 2.45) is 0 Å². The van der Waals surface area contributed by atoms with Crippen LogP contribution in [0.3, 0.4) is 0 Å². The monoisotopic (exact) mass is 414 g/mol. The first-order valence-corrected chi connectivity index (χ1v) is 10.2. The van der Waals surface area contributed by atoms with Gasteiger partial charge in [0.15, 0.2) is 0 Å². The Bertz CT molecular complexity index is 1300. The second kappa shape index (κ2) is 8.52. The Kier molecular flexibility index (Phi) is 5.46. The molecule has 146 valence electrons. The van der Waals surface area contributed by atoms with Crippen molar-refractivity contribution >= 4 is 16.4 Å². The van der Waals surface area contributed by atoms with Gasteiger partial charge in [-0.2, -0.15) is 10.5 Å². The van der Waals surface area contributed by atoms with Gasteiger partial charge in [0, 0.05) is 12.4 Å². The zero-order valence-electron chi connectivity index (χ0n) is 15.6. The molecule has 0 amide bonds. The van der Waals surface area contributed by atoms with E-state index in [1.807, 2.05) is 0 Å². The Hall–Kier alpha value is -4.08. The molecule has 0 aliphatic carbocycles. The van der Waals surface area contributed by atoms with Crippen LogP contribution in [0.5, 0.6) is 5.88 Å². The molecule has 1 atom stereocenters. The number of ether oxygens (including phenoxy) is 1. The van der Waals surface area contributed by atoms with Crippen molar-refractivity contribution in [3.63, 3.8) is 0 Å². The topological polar surface area (TPSA) is 117 Å². The van der Waals surface area contributed by atoms with Crippen LogP contribution >= 0.6 is 0 Å². The van der Waals surface area contributed by atoms with Crippen molar-refractivity contribution < 1.29 is 8.95 Å². The third-order valence-electron chi connectivity index (χ3n) is 4.31. The number of hydrogen-bond acceptors (Lipinski definition) is 7. The highest BCUT2D eigenvalue weighted by molar-refractivity contribution is 7.84. The number of nitrogens with zero attached hydrogens (tertiary/aromatic N) is 6. The van der Waals surface area contributed by atoms with Gasteiger partial charge in [-0.1, -0.05) is 24.3 Å². The number of rotatable bonds is 6. The zero-order valence-corrected chi connectivity index (χ0v) is 16.4. The zero-order chi connectivity index (χ0) is 20.9. The highest BCUT2D eigenvalue weighted by Gasteiger charge is 2.17. The molecule has 2 heterocycles. The van der Waals surface area contributed by atoms with Gasteiger partial charge in [0.2, 0.25) is 10.8 Å². The highest BCUT2D eigenvalue weighted by Crippen LogP contribution is 2.19. The van der Waals surface area contributed by atoms with Crippen LogP contribution in [0.25, 0.3) is 5.65 Å². The van der Waals surface area contributed by atoms with Gasteiger partial charge in [-0.15, -0.1) is 10.2 Å². The van der Waals surface area contributed by atoms with Crippen molar-refractivity contribution in [2.45, 2.75) is 17.5 Å². The van der Waals surface area contributed by atoms with Crippen LogP contribution < -0.4 is 4.74 Å². The van der Waals surface area contributed by atoms with Gasteiger partial charge in [0.25, 0.3) is 5.88 Å². The summed E-state index contributed by atoms with van der Waals surface area (Å²) in [5.41, 5.74) is 3.23. The summed E-state index contributed by atoms with van der Waals surface area (Å²) in [6, 6.07) is 18.1. The lowest BCUT2D eigenvalue weighted by atomic mass is 10.2. The van der Waals surface area contributed by atoms with E-state index in [9.17, 15) is 4.21 Å². The molecular formula is C21H14N6O2S. The Labute approximate surface area is 174 Å². The van der Waals surface area contributed by atoms with E-state index in [0.29, 0.717) is 16.8 Å². The quantitative estimate of drug-likeness (QED) is 0.476. The number of benzene rings is 2. The lowest BCUT2D eigenvalue weighted by Gasteiger charge is -2.09. The first kappa shape index (κ1) is 19.2. The van der Waals surface area contributed by atoms with E-state index < -0.39 is 10.8 Å². The first-order chi connectivity index (χ1) is 14.7. The van der Waals surface area contributed by atoms with Crippen molar-refractivity contribution in [3.8, 4) is 18.0 Å². The average Bonchev–Trinajstić information content (AvgIpc) is 3.28. The molecule has 0 aliphatic rings. The van der Waals surface area contributed by atoms with Crippen molar-refractivity contribution in [1.82, 2.24) is 19.6 Å². The SMILES string of the molecule is N#Cc1ccc(COc2nnc(S(=O)Cc3ccc(C#N)cc3)n3ccnc23)cc1. The molecule has 30 heavy (non-hydrogen) atoms. The largest absolute Gasteiger partial charge is 0.469 e. The molecular weight excluding hydrogens is 400 g/mol. The number of fused-ring (bicyclic) bond motifs is 1. The van der Waals surface area contributed by atoms with E-state index in [0.717, 1.165) is 11.1 Å². The van der Waals surface area contributed by atoms with E-state index in [2.05, 4.69) is 27.3 Å². The van der Waals surface area contributed by atoms with Gasteiger partial charge >= 0.3 is 0 Å². The minimum absolute atomic E-state index is 0.225. The maximum absolute atomic E-state index is 12.9. The number of nitriles is 2. The summed E-state index contributed by atoms with van der Waals surface area (Å²) in [6.45, 7) is 0.233. The van der Waals surface area contributed by atoms with Gasteiger partial charge in [-0.05, 0) is 35.4 Å². The number of imidazole rings is 1. The predicted molar refractivity (Wildman–Crippen MR) is 108 cm³/mol. The summed E-state index contributed by atoms with van der Waals surface area (Å²) in [4.78, 5) is 4.25. The van der Waals surface area contributed by atoms with Crippen LogP contribution in [0.1, 0.15) is 22.3 Å². The van der Waals surface area contributed by atoms with E-state index >= 15 is 0 Å². The maximum Gasteiger partial charge on any atom is 0.278 e. The molecule has 8 nitrogen and oxygen atoms in total. The molecule has 4 rings (SSSR count). The van der Waals surface area contributed by atoms with Crippen LogP contribution in [-0.2, 0) is 23.2 Å². The minimum Gasteiger partial charge on any atom is -0.469 e. The summed E-state index contributed by atoms with van der Waals surface area (Å²) in [5.74, 6) is 0.461. The number of hydrogen-bond donors (Lipinski definition) is 0. The Morgan fingerprint density at radius 3 is 2.20 bits per heavy atom. The summed E-state index contributed by atoms with van der Waals surface area (Å²) in [6.07, 6.45) is 3.22. The Morgan fingerprint density at radius 1 is 0.933 bits per heavy atom. The van der Waals surface area contributed by atoms with Crippen LogP contribution in [0.15, 0.2) is 66.1 Å². The summed E-state index contributed by atoms with van der Waals surface area (Å²) < 4.78 is 20.2. The van der Waals surface area contributed by atoms with Gasteiger partial charge in [-0.25, -0.2) is 4.98 Å². The van der Waals surface area contributed by atoms with Gasteiger partial charge < -0.3 is 4.74 Å². The molecule has 4 aromatic rings. The van der Waals surface area contributed by atoms with E-state index in [1.165, 1.54) is 0 Å². The molecule has 0 saturated heterocycles. The van der Waals surface area contributed by atoms with Crippen LogP contribution in [0.2, 0.25) is 0 Å². The smallest absolute Gasteiger partial charge is 0.278 e. The Morgan fingerprint density at radius 2 is 1.57 bits per heavy atom. The predicted octanol–water partition coefficient (Wildman–Crippen LogP) is 2.75. The standard InChI is InChI=1S/C21H14N6O2S/c22-11-15-1-5-17(6-2-15)13-29-20-19-24-9-10-27(19)21(26-25-20)30(28)14-18-7-3-16(12-23)4-8-18/h1-10H,13-14H2. The maximum atomic E-state index is 12.9. The van der Waals surface area contributed by atoms with Crippen LogP contribution in [-0.4, -0.2) is 23.8 Å². The Balaban J connectivity index is 1.53. The molecule has 0 aliphatic heterocycles. The van der Waals surface area contributed by atoms with E-state index in [1.54, 1.807) is 65.3 Å². The van der Waals surface area contributed by atoms with Crippen molar-refractivity contribution in [3.05, 3.63) is 83.2 Å². The minimum atomic E-state index is -1.47. The summed E-state index contributed by atoms with van der Waals surface area (Å²) in [5, 5.41) is 26.2. The second-order valence-corrected chi connectivity index (χ2v) is 7.65. The van der Waals surface area contributed by atoms with Crippen molar-refractivity contribution in [1.29, 1.82) is 10.5 Å². The molecule has 0 N–H and O–H groups in total. The molecule has 2 aromatic carbocycles. The summed E-state index contributed by atoms with van der Waals surface area (Å²) >= 11 is 0. The molecule has 0 fully saturated rings. The fourth-order valence-electron chi connectivity index (χ4n) is 2.76. The molecule has 2 aromatic heterocycles. The fraction of sp³-hybridized carbons (Fsp3) is 0.0952. The molecule has 1 unspecified atom stereocenters. The third kappa shape index (κ3) is 4.02. The van der Waals surface area contributed by atoms with E-state index in [-0.39, 0.29) is 23.4 Å². The van der Waals surface area contributed by atoms with Gasteiger partial charge in [-0.3, -0.25) is 8.61 Å². The second-order valence-electron chi connectivity index (χ2n) is 6.30. The lowest BCUT2D eigenvalue weighted by molar-refractivity contribution is 0.290. The molecule has 0 radical (unpaired) electrons. The first-order valence-electron chi connectivity index (χ1n) is 8.87. The van der Waals surface area contributed by atoms with E-state index in [4.69, 9.17) is 15.3 Å². The highest BCUT2D eigenvalue weighted by atomic mass is 32.2. The van der Waals surface area contributed by atoms with Gasteiger partial charge in [0.05, 0.1) is 39.8 Å². The van der Waals surface area contributed by atoms with Crippen molar-refractivity contribution in [2.75, 3.05) is 0 Å². The van der Waals surface area contributed by atoms with Crippen LogP contribution in [0, 0.1) is 22.7 Å². The summed E-state index contributed by atoms with van der Waals surface area (Å²) in [7, 11) is -1.47.